The van der Waals surface area contributed by atoms with Gasteiger partial charge in [-0.05, 0) is 31.6 Å². The number of carbonyl (C=O) groups excluding carboxylic acids is 1. The molecule has 0 bridgehead atoms. The molecule has 1 amide bonds. The van der Waals surface area contributed by atoms with Gasteiger partial charge in [0.25, 0.3) is 0 Å². The Morgan fingerprint density at radius 1 is 1.29 bits per heavy atom. The Bertz CT molecular complexity index is 474. The van der Waals surface area contributed by atoms with Crippen molar-refractivity contribution in [1.29, 1.82) is 0 Å². The molecule has 1 saturated heterocycles. The van der Waals surface area contributed by atoms with Gasteiger partial charge in [-0.1, -0.05) is 43.7 Å². The maximum atomic E-state index is 12.6. The zero-order valence-electron chi connectivity index (χ0n) is 13.4. The molecule has 1 aliphatic heterocycles. The van der Waals surface area contributed by atoms with E-state index in [-0.39, 0.29) is 24.2 Å². The van der Waals surface area contributed by atoms with E-state index in [2.05, 4.69) is 57.3 Å². The molecule has 0 saturated carbocycles. The first-order chi connectivity index (χ1) is 10.1. The SMILES string of the molecule is CCSCC(C)N1C(=O)C(CC)NC1c1ccc(C)cc1. The van der Waals surface area contributed by atoms with Crippen LogP contribution in [0.2, 0.25) is 0 Å². The molecule has 0 aliphatic carbocycles. The standard InChI is InChI=1S/C17H26N2OS/c1-5-15-17(20)19(13(4)11-21-6-2)16(18-15)14-9-7-12(3)8-10-14/h7-10,13,15-16,18H,5-6,11H2,1-4H3. The van der Waals surface area contributed by atoms with Gasteiger partial charge in [-0.25, -0.2) is 0 Å². The normalized spacial score (nSPS) is 23.6. The van der Waals surface area contributed by atoms with Gasteiger partial charge >= 0.3 is 0 Å². The smallest absolute Gasteiger partial charge is 0.241 e. The van der Waals surface area contributed by atoms with Crippen molar-refractivity contribution < 1.29 is 4.79 Å². The van der Waals surface area contributed by atoms with Crippen LogP contribution in [0.5, 0.6) is 0 Å². The Morgan fingerprint density at radius 2 is 1.95 bits per heavy atom. The highest BCUT2D eigenvalue weighted by Crippen LogP contribution is 2.29. The van der Waals surface area contributed by atoms with Crippen LogP contribution in [0.3, 0.4) is 0 Å². The lowest BCUT2D eigenvalue weighted by Gasteiger charge is -2.30. The fourth-order valence-corrected chi connectivity index (χ4v) is 3.53. The zero-order chi connectivity index (χ0) is 15.4. The van der Waals surface area contributed by atoms with E-state index in [9.17, 15) is 4.79 Å². The highest BCUT2D eigenvalue weighted by Gasteiger charge is 2.40. The van der Waals surface area contributed by atoms with Crippen molar-refractivity contribution in [3.05, 3.63) is 35.4 Å². The average Bonchev–Trinajstić information content (AvgIpc) is 2.82. The van der Waals surface area contributed by atoms with Crippen molar-refractivity contribution in [3.8, 4) is 0 Å². The molecule has 1 aliphatic rings. The topological polar surface area (TPSA) is 32.3 Å². The second kappa shape index (κ2) is 7.32. The number of nitrogens with zero attached hydrogens (tertiary/aromatic N) is 1. The molecule has 3 nitrogen and oxygen atoms in total. The monoisotopic (exact) mass is 306 g/mol. The summed E-state index contributed by atoms with van der Waals surface area (Å²) in [5, 5.41) is 3.50. The predicted octanol–water partition coefficient (Wildman–Crippen LogP) is 3.35. The molecule has 116 valence electrons. The summed E-state index contributed by atoms with van der Waals surface area (Å²) in [6.07, 6.45) is 0.848. The van der Waals surface area contributed by atoms with Crippen LogP contribution in [-0.2, 0) is 4.79 Å². The van der Waals surface area contributed by atoms with E-state index in [1.54, 1.807) is 0 Å². The van der Waals surface area contributed by atoms with Crippen LogP contribution in [0.25, 0.3) is 0 Å². The molecule has 3 unspecified atom stereocenters. The summed E-state index contributed by atoms with van der Waals surface area (Å²) in [7, 11) is 0. The van der Waals surface area contributed by atoms with Crippen LogP contribution in [0.15, 0.2) is 24.3 Å². The molecule has 1 heterocycles. The van der Waals surface area contributed by atoms with E-state index in [0.717, 1.165) is 17.9 Å². The van der Waals surface area contributed by atoms with Gasteiger partial charge in [0.1, 0.15) is 6.17 Å². The molecular formula is C17H26N2OS. The van der Waals surface area contributed by atoms with E-state index in [1.807, 2.05) is 16.7 Å². The van der Waals surface area contributed by atoms with Crippen molar-refractivity contribution in [1.82, 2.24) is 10.2 Å². The molecule has 2 rings (SSSR count). The lowest BCUT2D eigenvalue weighted by Crippen LogP contribution is -2.40. The number of rotatable bonds is 6. The summed E-state index contributed by atoms with van der Waals surface area (Å²) in [6, 6.07) is 8.69. The van der Waals surface area contributed by atoms with Crippen LogP contribution < -0.4 is 5.32 Å². The van der Waals surface area contributed by atoms with Gasteiger partial charge < -0.3 is 4.90 Å². The second-order valence-corrected chi connectivity index (χ2v) is 7.01. The van der Waals surface area contributed by atoms with Gasteiger partial charge in [-0.15, -0.1) is 0 Å². The Hall–Kier alpha value is -1.00. The molecule has 1 aromatic carbocycles. The first-order valence-corrected chi connectivity index (χ1v) is 8.96. The summed E-state index contributed by atoms with van der Waals surface area (Å²) in [6.45, 7) is 8.47. The number of hydrogen-bond acceptors (Lipinski definition) is 3. The van der Waals surface area contributed by atoms with Crippen molar-refractivity contribution in [2.45, 2.75) is 52.4 Å². The van der Waals surface area contributed by atoms with E-state index < -0.39 is 0 Å². The fraction of sp³-hybridized carbons (Fsp3) is 0.588. The lowest BCUT2D eigenvalue weighted by atomic mass is 10.1. The molecule has 1 aromatic rings. The zero-order valence-corrected chi connectivity index (χ0v) is 14.2. The Morgan fingerprint density at radius 3 is 2.52 bits per heavy atom. The molecule has 0 spiro atoms. The minimum atomic E-state index is -0.0506. The number of carbonyl (C=O) groups is 1. The quantitative estimate of drug-likeness (QED) is 0.875. The number of thioether (sulfide) groups is 1. The number of hydrogen-bond donors (Lipinski definition) is 1. The van der Waals surface area contributed by atoms with Crippen molar-refractivity contribution in [2.24, 2.45) is 0 Å². The molecule has 4 heteroatoms. The minimum absolute atomic E-state index is 0.00973. The number of benzene rings is 1. The Kier molecular flexibility index (Phi) is 5.71. The van der Waals surface area contributed by atoms with Crippen molar-refractivity contribution in [3.63, 3.8) is 0 Å². The number of aryl methyl sites for hydroxylation is 1. The van der Waals surface area contributed by atoms with Crippen molar-refractivity contribution >= 4 is 17.7 Å². The maximum absolute atomic E-state index is 12.6. The first-order valence-electron chi connectivity index (χ1n) is 7.81. The largest absolute Gasteiger partial charge is 0.318 e. The maximum Gasteiger partial charge on any atom is 0.241 e. The summed E-state index contributed by atoms with van der Waals surface area (Å²) in [5.41, 5.74) is 2.43. The summed E-state index contributed by atoms with van der Waals surface area (Å²) < 4.78 is 0. The van der Waals surface area contributed by atoms with Gasteiger partial charge in [0.2, 0.25) is 5.91 Å². The first kappa shape index (κ1) is 16.4. The molecule has 21 heavy (non-hydrogen) atoms. The molecule has 0 radical (unpaired) electrons. The van der Waals surface area contributed by atoms with Crippen LogP contribution in [0, 0.1) is 6.92 Å². The molecule has 1 N–H and O–H groups in total. The number of nitrogens with one attached hydrogen (secondary N) is 1. The van der Waals surface area contributed by atoms with Gasteiger partial charge in [0, 0.05) is 11.8 Å². The lowest BCUT2D eigenvalue weighted by molar-refractivity contribution is -0.131. The van der Waals surface area contributed by atoms with E-state index in [4.69, 9.17) is 0 Å². The number of amides is 1. The Labute approximate surface area is 132 Å². The third-order valence-corrected chi connectivity index (χ3v) is 5.16. The minimum Gasteiger partial charge on any atom is -0.318 e. The van der Waals surface area contributed by atoms with Gasteiger partial charge in [-0.3, -0.25) is 10.1 Å². The molecule has 3 atom stereocenters. The highest BCUT2D eigenvalue weighted by molar-refractivity contribution is 7.99. The second-order valence-electron chi connectivity index (χ2n) is 5.69. The average molecular weight is 306 g/mol. The molecule has 0 aromatic heterocycles. The van der Waals surface area contributed by atoms with E-state index in [1.165, 1.54) is 11.1 Å². The van der Waals surface area contributed by atoms with Gasteiger partial charge in [0.15, 0.2) is 0 Å². The molecular weight excluding hydrogens is 280 g/mol. The van der Waals surface area contributed by atoms with Crippen molar-refractivity contribution in [2.75, 3.05) is 11.5 Å². The Balaban J connectivity index is 2.23. The van der Waals surface area contributed by atoms with E-state index >= 15 is 0 Å². The van der Waals surface area contributed by atoms with Gasteiger partial charge in [-0.2, -0.15) is 11.8 Å². The third-order valence-electron chi connectivity index (χ3n) is 4.03. The fourth-order valence-electron chi connectivity index (χ4n) is 2.79. The van der Waals surface area contributed by atoms with Crippen LogP contribution in [0.4, 0.5) is 0 Å². The highest BCUT2D eigenvalue weighted by atomic mass is 32.2. The summed E-state index contributed by atoms with van der Waals surface area (Å²) in [5.74, 6) is 2.32. The predicted molar refractivity (Wildman–Crippen MR) is 90.4 cm³/mol. The van der Waals surface area contributed by atoms with Gasteiger partial charge in [0.05, 0.1) is 6.04 Å². The van der Waals surface area contributed by atoms with Crippen LogP contribution in [0.1, 0.15) is 44.5 Å². The van der Waals surface area contributed by atoms with E-state index in [0.29, 0.717) is 0 Å². The summed E-state index contributed by atoms with van der Waals surface area (Å²) >= 11 is 1.89. The van der Waals surface area contributed by atoms with Crippen LogP contribution in [-0.4, -0.2) is 34.4 Å². The third kappa shape index (κ3) is 3.61. The summed E-state index contributed by atoms with van der Waals surface area (Å²) in [4.78, 5) is 14.7. The van der Waals surface area contributed by atoms with Crippen LogP contribution >= 0.6 is 11.8 Å². The molecule has 1 fully saturated rings.